The van der Waals surface area contributed by atoms with Gasteiger partial charge in [-0.25, -0.2) is 4.98 Å². The van der Waals surface area contributed by atoms with Gasteiger partial charge in [0.2, 0.25) is 5.95 Å². The zero-order chi connectivity index (χ0) is 13.7. The van der Waals surface area contributed by atoms with Gasteiger partial charge in [-0.05, 0) is 31.7 Å². The number of nitrogens with one attached hydrogen (secondary N) is 1. The molecule has 1 heterocycles. The van der Waals surface area contributed by atoms with Gasteiger partial charge >= 0.3 is 0 Å². The van der Waals surface area contributed by atoms with Crippen LogP contribution >= 0.6 is 11.8 Å². The van der Waals surface area contributed by atoms with Crippen LogP contribution in [0.1, 0.15) is 19.5 Å². The summed E-state index contributed by atoms with van der Waals surface area (Å²) >= 11 is 1.94. The van der Waals surface area contributed by atoms with Crippen LogP contribution in [0.2, 0.25) is 0 Å². The summed E-state index contributed by atoms with van der Waals surface area (Å²) < 4.78 is 2.11. The molecule has 3 nitrogen and oxygen atoms in total. The molecular weight excluding hydrogens is 254 g/mol. The monoisotopic (exact) mass is 275 g/mol. The van der Waals surface area contributed by atoms with Crippen molar-refractivity contribution < 1.29 is 0 Å². The van der Waals surface area contributed by atoms with Crippen LogP contribution < -0.4 is 5.32 Å². The van der Waals surface area contributed by atoms with Gasteiger partial charge in [0, 0.05) is 23.7 Å². The highest BCUT2D eigenvalue weighted by Crippen LogP contribution is 2.17. The molecule has 19 heavy (non-hydrogen) atoms. The quantitative estimate of drug-likeness (QED) is 0.871. The second-order valence-electron chi connectivity index (χ2n) is 4.62. The van der Waals surface area contributed by atoms with Crippen LogP contribution in [-0.2, 0) is 0 Å². The van der Waals surface area contributed by atoms with E-state index in [0.717, 1.165) is 28.8 Å². The SMILES string of the molecule is CCSCC(C)Nc1nc(C)cn1-c1ccccc1. The fourth-order valence-electron chi connectivity index (χ4n) is 1.94. The molecule has 0 bridgehead atoms. The minimum Gasteiger partial charge on any atom is -0.352 e. The highest BCUT2D eigenvalue weighted by molar-refractivity contribution is 7.99. The van der Waals surface area contributed by atoms with Crippen molar-refractivity contribution in [3.8, 4) is 5.69 Å². The lowest BCUT2D eigenvalue weighted by molar-refractivity contribution is 0.874. The Kier molecular flexibility index (Phi) is 4.91. The molecule has 0 spiro atoms. The molecule has 0 aliphatic carbocycles. The van der Waals surface area contributed by atoms with E-state index in [1.807, 2.05) is 36.9 Å². The molecule has 2 rings (SSSR count). The van der Waals surface area contributed by atoms with Crippen LogP contribution in [0.4, 0.5) is 5.95 Å². The topological polar surface area (TPSA) is 29.9 Å². The molecule has 0 amide bonds. The summed E-state index contributed by atoms with van der Waals surface area (Å²) in [5, 5.41) is 3.50. The Bertz CT molecular complexity index is 507. The third-order valence-corrected chi connectivity index (χ3v) is 3.95. The highest BCUT2D eigenvalue weighted by Gasteiger charge is 2.10. The Morgan fingerprint density at radius 3 is 2.74 bits per heavy atom. The maximum absolute atomic E-state index is 4.58. The first kappa shape index (κ1) is 14.0. The van der Waals surface area contributed by atoms with Crippen LogP contribution in [0.5, 0.6) is 0 Å². The van der Waals surface area contributed by atoms with Gasteiger partial charge in [0.1, 0.15) is 0 Å². The maximum Gasteiger partial charge on any atom is 0.207 e. The Balaban J connectivity index is 2.17. The Morgan fingerprint density at radius 1 is 1.32 bits per heavy atom. The second-order valence-corrected chi connectivity index (χ2v) is 5.94. The summed E-state index contributed by atoms with van der Waals surface area (Å²) in [5.74, 6) is 3.17. The number of imidazole rings is 1. The molecule has 0 fully saturated rings. The van der Waals surface area contributed by atoms with Gasteiger partial charge in [-0.3, -0.25) is 4.57 Å². The maximum atomic E-state index is 4.58. The molecule has 1 N–H and O–H groups in total. The van der Waals surface area contributed by atoms with E-state index in [4.69, 9.17) is 0 Å². The standard InChI is InChI=1S/C15H21N3S/c1-4-19-11-13(3)17-15-16-12(2)10-18(15)14-8-6-5-7-9-14/h5-10,13H,4,11H2,1-3H3,(H,16,17). The normalized spacial score (nSPS) is 12.4. The first-order chi connectivity index (χ1) is 9.20. The number of aryl methyl sites for hydroxylation is 1. The Hall–Kier alpha value is -1.42. The first-order valence-electron chi connectivity index (χ1n) is 6.66. The number of para-hydroxylation sites is 1. The summed E-state index contributed by atoms with van der Waals surface area (Å²) in [5.41, 5.74) is 2.17. The van der Waals surface area contributed by atoms with Crippen LogP contribution in [0.3, 0.4) is 0 Å². The molecular formula is C15H21N3S. The molecule has 0 saturated carbocycles. The lowest BCUT2D eigenvalue weighted by Gasteiger charge is -2.15. The summed E-state index contributed by atoms with van der Waals surface area (Å²) in [6.45, 7) is 6.41. The van der Waals surface area contributed by atoms with Gasteiger partial charge in [0.05, 0.1) is 5.69 Å². The minimum absolute atomic E-state index is 0.411. The second kappa shape index (κ2) is 6.66. The molecule has 1 aromatic carbocycles. The van der Waals surface area contributed by atoms with Crippen molar-refractivity contribution >= 4 is 17.7 Å². The lowest BCUT2D eigenvalue weighted by Crippen LogP contribution is -2.20. The van der Waals surface area contributed by atoms with Crippen molar-refractivity contribution in [1.29, 1.82) is 0 Å². The molecule has 4 heteroatoms. The summed E-state index contributed by atoms with van der Waals surface area (Å²) in [6, 6.07) is 10.7. The number of hydrogen-bond acceptors (Lipinski definition) is 3. The Labute approximate surface area is 119 Å². The van der Waals surface area contributed by atoms with E-state index in [-0.39, 0.29) is 0 Å². The number of benzene rings is 1. The average Bonchev–Trinajstić information content (AvgIpc) is 2.78. The fourth-order valence-corrected chi connectivity index (χ4v) is 2.61. The van der Waals surface area contributed by atoms with E-state index in [2.05, 4.69) is 47.0 Å². The molecule has 0 aliphatic heterocycles. The number of anilines is 1. The van der Waals surface area contributed by atoms with E-state index < -0.39 is 0 Å². The molecule has 1 atom stereocenters. The molecule has 102 valence electrons. The Morgan fingerprint density at radius 2 is 2.05 bits per heavy atom. The third kappa shape index (κ3) is 3.77. The van der Waals surface area contributed by atoms with Crippen LogP contribution in [0, 0.1) is 6.92 Å². The summed E-state index contributed by atoms with van der Waals surface area (Å²) in [7, 11) is 0. The van der Waals surface area contributed by atoms with Crippen molar-refractivity contribution in [2.24, 2.45) is 0 Å². The van der Waals surface area contributed by atoms with Crippen molar-refractivity contribution in [1.82, 2.24) is 9.55 Å². The van der Waals surface area contributed by atoms with Gasteiger partial charge in [-0.2, -0.15) is 11.8 Å². The fraction of sp³-hybridized carbons (Fsp3) is 0.400. The average molecular weight is 275 g/mol. The zero-order valence-corrected chi connectivity index (χ0v) is 12.6. The van der Waals surface area contributed by atoms with Crippen molar-refractivity contribution in [2.75, 3.05) is 16.8 Å². The highest BCUT2D eigenvalue weighted by atomic mass is 32.2. The number of aromatic nitrogens is 2. The number of thioether (sulfide) groups is 1. The van der Waals surface area contributed by atoms with E-state index >= 15 is 0 Å². The van der Waals surface area contributed by atoms with Crippen LogP contribution in [0.25, 0.3) is 5.69 Å². The van der Waals surface area contributed by atoms with Gasteiger partial charge in [-0.1, -0.05) is 25.1 Å². The van der Waals surface area contributed by atoms with Gasteiger partial charge < -0.3 is 5.32 Å². The van der Waals surface area contributed by atoms with Crippen LogP contribution in [0.15, 0.2) is 36.5 Å². The zero-order valence-electron chi connectivity index (χ0n) is 11.8. The van der Waals surface area contributed by atoms with Gasteiger partial charge in [0.15, 0.2) is 0 Å². The molecule has 0 aliphatic rings. The van der Waals surface area contributed by atoms with Crippen molar-refractivity contribution in [2.45, 2.75) is 26.8 Å². The summed E-state index contributed by atoms with van der Waals surface area (Å²) in [6.07, 6.45) is 2.07. The van der Waals surface area contributed by atoms with E-state index in [1.165, 1.54) is 0 Å². The van der Waals surface area contributed by atoms with E-state index in [0.29, 0.717) is 6.04 Å². The van der Waals surface area contributed by atoms with Crippen LogP contribution in [-0.4, -0.2) is 27.1 Å². The number of hydrogen-bond donors (Lipinski definition) is 1. The van der Waals surface area contributed by atoms with Gasteiger partial charge in [0.25, 0.3) is 0 Å². The number of nitrogens with zero attached hydrogens (tertiary/aromatic N) is 2. The largest absolute Gasteiger partial charge is 0.352 e. The first-order valence-corrected chi connectivity index (χ1v) is 7.82. The van der Waals surface area contributed by atoms with E-state index in [9.17, 15) is 0 Å². The molecule has 2 aromatic rings. The smallest absolute Gasteiger partial charge is 0.207 e. The summed E-state index contributed by atoms with van der Waals surface area (Å²) in [4.78, 5) is 4.58. The molecule has 0 saturated heterocycles. The number of rotatable bonds is 6. The predicted molar refractivity (Wildman–Crippen MR) is 84.4 cm³/mol. The van der Waals surface area contributed by atoms with Crippen molar-refractivity contribution in [3.63, 3.8) is 0 Å². The molecule has 0 radical (unpaired) electrons. The third-order valence-electron chi connectivity index (χ3n) is 2.81. The molecule has 1 unspecified atom stereocenters. The molecule has 1 aromatic heterocycles. The van der Waals surface area contributed by atoms with E-state index in [1.54, 1.807) is 0 Å². The lowest BCUT2D eigenvalue weighted by atomic mass is 10.3. The van der Waals surface area contributed by atoms with Crippen molar-refractivity contribution in [3.05, 3.63) is 42.2 Å². The van der Waals surface area contributed by atoms with Gasteiger partial charge in [-0.15, -0.1) is 0 Å². The minimum atomic E-state index is 0.411. The predicted octanol–water partition coefficient (Wildman–Crippen LogP) is 3.73.